The summed E-state index contributed by atoms with van der Waals surface area (Å²) >= 11 is 0. The maximum absolute atomic E-state index is 3.46. The van der Waals surface area contributed by atoms with Crippen molar-refractivity contribution in [1.29, 1.82) is 0 Å². The lowest BCUT2D eigenvalue weighted by Crippen LogP contribution is -2.36. The third-order valence-electron chi connectivity index (χ3n) is 2.04. The zero-order chi connectivity index (χ0) is 7.23. The molecular formula is C8H18N2. The Morgan fingerprint density at radius 1 is 1.50 bits per heavy atom. The zero-order valence-electron chi connectivity index (χ0n) is 6.82. The Hall–Kier alpha value is -0.0800. The summed E-state index contributed by atoms with van der Waals surface area (Å²) in [7, 11) is 0. The first-order valence-corrected chi connectivity index (χ1v) is 4.37. The minimum atomic E-state index is 0.729. The first-order valence-electron chi connectivity index (χ1n) is 4.37. The molecule has 0 aliphatic carbocycles. The summed E-state index contributed by atoms with van der Waals surface area (Å²) in [5.74, 6) is 0. The molecule has 1 atom stereocenters. The molecule has 0 aromatic carbocycles. The van der Waals surface area contributed by atoms with Crippen molar-refractivity contribution in [2.45, 2.75) is 32.2 Å². The Balaban J connectivity index is 2.15. The van der Waals surface area contributed by atoms with E-state index in [1.807, 2.05) is 0 Å². The van der Waals surface area contributed by atoms with E-state index in [-0.39, 0.29) is 0 Å². The monoisotopic (exact) mass is 142 g/mol. The summed E-state index contributed by atoms with van der Waals surface area (Å²) in [6, 6.07) is 0.729. The highest BCUT2D eigenvalue weighted by molar-refractivity contribution is 4.72. The van der Waals surface area contributed by atoms with Gasteiger partial charge in [-0.05, 0) is 25.9 Å². The van der Waals surface area contributed by atoms with E-state index in [0.29, 0.717) is 0 Å². The van der Waals surface area contributed by atoms with Crippen molar-refractivity contribution in [3.05, 3.63) is 0 Å². The molecule has 0 aromatic heterocycles. The predicted molar refractivity (Wildman–Crippen MR) is 44.2 cm³/mol. The standard InChI is InChI=1S/C8H18N2/c1-2-10-8-5-3-4-6-9-7-8/h8-10H,2-7H2,1H3/t8-/m0/s1. The molecule has 0 spiro atoms. The normalized spacial score (nSPS) is 27.9. The second kappa shape index (κ2) is 4.69. The fourth-order valence-corrected chi connectivity index (χ4v) is 1.48. The van der Waals surface area contributed by atoms with Crippen molar-refractivity contribution in [3.63, 3.8) is 0 Å². The van der Waals surface area contributed by atoms with Gasteiger partial charge in [-0.15, -0.1) is 0 Å². The fraction of sp³-hybridized carbons (Fsp3) is 1.00. The topological polar surface area (TPSA) is 24.1 Å². The van der Waals surface area contributed by atoms with E-state index in [1.54, 1.807) is 0 Å². The van der Waals surface area contributed by atoms with Crippen LogP contribution < -0.4 is 10.6 Å². The van der Waals surface area contributed by atoms with Crippen LogP contribution in [0, 0.1) is 0 Å². The zero-order valence-corrected chi connectivity index (χ0v) is 6.82. The highest BCUT2D eigenvalue weighted by Crippen LogP contribution is 2.02. The number of hydrogen-bond acceptors (Lipinski definition) is 2. The smallest absolute Gasteiger partial charge is 0.0192 e. The van der Waals surface area contributed by atoms with Gasteiger partial charge in [-0.25, -0.2) is 0 Å². The van der Waals surface area contributed by atoms with Crippen LogP contribution in [0.1, 0.15) is 26.2 Å². The molecule has 2 heteroatoms. The summed E-state index contributed by atoms with van der Waals surface area (Å²) < 4.78 is 0. The van der Waals surface area contributed by atoms with Gasteiger partial charge in [0.2, 0.25) is 0 Å². The van der Waals surface area contributed by atoms with Crippen molar-refractivity contribution >= 4 is 0 Å². The van der Waals surface area contributed by atoms with Gasteiger partial charge in [0.1, 0.15) is 0 Å². The molecule has 1 heterocycles. The van der Waals surface area contributed by atoms with Crippen molar-refractivity contribution in [1.82, 2.24) is 10.6 Å². The number of hydrogen-bond donors (Lipinski definition) is 2. The quantitative estimate of drug-likeness (QED) is 0.594. The van der Waals surface area contributed by atoms with Crippen LogP contribution >= 0.6 is 0 Å². The molecule has 0 saturated carbocycles. The molecule has 1 fully saturated rings. The first kappa shape index (κ1) is 8.02. The SMILES string of the molecule is CCN[C@H]1CCCCNC1. The molecule has 10 heavy (non-hydrogen) atoms. The Labute approximate surface area is 63.4 Å². The van der Waals surface area contributed by atoms with Gasteiger partial charge in [-0.1, -0.05) is 13.3 Å². The average molecular weight is 142 g/mol. The lowest BCUT2D eigenvalue weighted by molar-refractivity contribution is 0.488. The molecule has 1 aliphatic rings. The molecule has 60 valence electrons. The van der Waals surface area contributed by atoms with Crippen LogP contribution in [0.3, 0.4) is 0 Å². The number of likely N-dealkylation sites (N-methyl/N-ethyl adjacent to an activating group) is 1. The maximum atomic E-state index is 3.46. The molecule has 2 nitrogen and oxygen atoms in total. The van der Waals surface area contributed by atoms with E-state index >= 15 is 0 Å². The molecule has 0 unspecified atom stereocenters. The highest BCUT2D eigenvalue weighted by atomic mass is 15.0. The van der Waals surface area contributed by atoms with E-state index in [2.05, 4.69) is 17.6 Å². The molecule has 0 amide bonds. The first-order chi connectivity index (χ1) is 4.93. The molecule has 1 aliphatic heterocycles. The largest absolute Gasteiger partial charge is 0.315 e. The van der Waals surface area contributed by atoms with Crippen LogP contribution in [0.5, 0.6) is 0 Å². The third-order valence-corrected chi connectivity index (χ3v) is 2.04. The van der Waals surface area contributed by atoms with Gasteiger partial charge < -0.3 is 10.6 Å². The van der Waals surface area contributed by atoms with Crippen molar-refractivity contribution < 1.29 is 0 Å². The van der Waals surface area contributed by atoms with Gasteiger partial charge in [-0.3, -0.25) is 0 Å². The molecule has 0 radical (unpaired) electrons. The Bertz CT molecular complexity index is 75.3. The predicted octanol–water partition coefficient (Wildman–Crippen LogP) is 0.738. The third kappa shape index (κ3) is 2.67. The molecule has 1 saturated heterocycles. The average Bonchev–Trinajstić information content (AvgIpc) is 2.17. The Morgan fingerprint density at radius 2 is 2.40 bits per heavy atom. The van der Waals surface area contributed by atoms with Crippen LogP contribution in [0.25, 0.3) is 0 Å². The van der Waals surface area contributed by atoms with Crippen LogP contribution in [-0.4, -0.2) is 25.7 Å². The van der Waals surface area contributed by atoms with Gasteiger partial charge in [0.15, 0.2) is 0 Å². The van der Waals surface area contributed by atoms with E-state index in [9.17, 15) is 0 Å². The lowest BCUT2D eigenvalue weighted by atomic mass is 10.1. The maximum Gasteiger partial charge on any atom is 0.0192 e. The number of rotatable bonds is 2. The van der Waals surface area contributed by atoms with Gasteiger partial charge >= 0.3 is 0 Å². The van der Waals surface area contributed by atoms with E-state index in [0.717, 1.165) is 19.1 Å². The molecular weight excluding hydrogens is 124 g/mol. The van der Waals surface area contributed by atoms with E-state index in [1.165, 1.54) is 25.8 Å². The molecule has 2 N–H and O–H groups in total. The Morgan fingerprint density at radius 3 is 3.20 bits per heavy atom. The summed E-state index contributed by atoms with van der Waals surface area (Å²) in [5, 5.41) is 6.88. The van der Waals surface area contributed by atoms with Gasteiger partial charge in [-0.2, -0.15) is 0 Å². The second-order valence-electron chi connectivity index (χ2n) is 2.95. The second-order valence-corrected chi connectivity index (χ2v) is 2.95. The van der Waals surface area contributed by atoms with Crippen LogP contribution in [0.4, 0.5) is 0 Å². The fourth-order valence-electron chi connectivity index (χ4n) is 1.48. The van der Waals surface area contributed by atoms with Crippen molar-refractivity contribution in [2.75, 3.05) is 19.6 Å². The summed E-state index contributed by atoms with van der Waals surface area (Å²) in [6.45, 7) is 5.65. The molecule has 1 rings (SSSR count). The Kier molecular flexibility index (Phi) is 3.76. The van der Waals surface area contributed by atoms with Crippen LogP contribution in [0.15, 0.2) is 0 Å². The summed E-state index contributed by atoms with van der Waals surface area (Å²) in [5.41, 5.74) is 0. The van der Waals surface area contributed by atoms with Gasteiger partial charge in [0, 0.05) is 12.6 Å². The van der Waals surface area contributed by atoms with Gasteiger partial charge in [0.05, 0.1) is 0 Å². The van der Waals surface area contributed by atoms with Crippen molar-refractivity contribution in [3.8, 4) is 0 Å². The lowest BCUT2D eigenvalue weighted by Gasteiger charge is -2.13. The number of nitrogens with one attached hydrogen (secondary N) is 2. The minimum Gasteiger partial charge on any atom is -0.315 e. The summed E-state index contributed by atoms with van der Waals surface area (Å²) in [4.78, 5) is 0. The van der Waals surface area contributed by atoms with E-state index < -0.39 is 0 Å². The van der Waals surface area contributed by atoms with Crippen molar-refractivity contribution in [2.24, 2.45) is 0 Å². The van der Waals surface area contributed by atoms with E-state index in [4.69, 9.17) is 0 Å². The summed E-state index contributed by atoms with van der Waals surface area (Å²) in [6.07, 6.45) is 4.08. The highest BCUT2D eigenvalue weighted by Gasteiger charge is 2.08. The van der Waals surface area contributed by atoms with Crippen LogP contribution in [0.2, 0.25) is 0 Å². The van der Waals surface area contributed by atoms with Gasteiger partial charge in [0.25, 0.3) is 0 Å². The molecule has 0 aromatic rings. The molecule has 0 bridgehead atoms. The van der Waals surface area contributed by atoms with Crippen LogP contribution in [-0.2, 0) is 0 Å². The minimum absolute atomic E-state index is 0.729.